The Morgan fingerprint density at radius 2 is 1.03 bits per heavy atom. The van der Waals surface area contributed by atoms with Gasteiger partial charge in [0.25, 0.3) is 10.0 Å². The third kappa shape index (κ3) is 4.66. The van der Waals surface area contributed by atoms with Crippen LogP contribution in [0.3, 0.4) is 0 Å². The van der Waals surface area contributed by atoms with Gasteiger partial charge >= 0.3 is 6.03 Å². The van der Waals surface area contributed by atoms with E-state index in [1.807, 2.05) is 97.9 Å². The number of nitrogens with one attached hydrogen (secondary N) is 2. The monoisotopic (exact) mass is 456 g/mol. The molecule has 0 aliphatic rings. The fraction of sp³-hybridized carbons (Fsp3) is 0.0741. The number of aryl methyl sites for hydroxylation is 1. The molecule has 0 fully saturated rings. The summed E-state index contributed by atoms with van der Waals surface area (Å²) >= 11 is 0. The predicted octanol–water partition coefficient (Wildman–Crippen LogP) is 4.98. The molecule has 0 saturated heterocycles. The van der Waals surface area contributed by atoms with E-state index in [4.69, 9.17) is 0 Å². The molecule has 5 nitrogen and oxygen atoms in total. The average molecular weight is 457 g/mol. The van der Waals surface area contributed by atoms with Gasteiger partial charge in [-0.3, -0.25) is 0 Å². The molecule has 4 aromatic rings. The minimum absolute atomic E-state index is 0.0213. The van der Waals surface area contributed by atoms with Gasteiger partial charge in [0.05, 0.1) is 4.90 Å². The van der Waals surface area contributed by atoms with Gasteiger partial charge < -0.3 is 5.32 Å². The number of sulfonamides is 1. The highest BCUT2D eigenvalue weighted by molar-refractivity contribution is 7.90. The van der Waals surface area contributed by atoms with Crippen molar-refractivity contribution in [3.8, 4) is 0 Å². The standard InChI is InChI=1S/C27H24N2O3S/c1-21-17-19-25(20-18-21)33(31,32)29-26(30)28-27(22-11-5-2-6-12-22,23-13-7-3-8-14-23)24-15-9-4-10-16-24/h2-20H,1H3,(H2,28,29,30). The van der Waals surface area contributed by atoms with Crippen LogP contribution >= 0.6 is 0 Å². The molecule has 0 aliphatic carbocycles. The van der Waals surface area contributed by atoms with Gasteiger partial charge in [-0.05, 0) is 35.7 Å². The molecule has 0 saturated carbocycles. The number of carbonyl (C=O) groups is 1. The first-order valence-electron chi connectivity index (χ1n) is 10.5. The Morgan fingerprint density at radius 1 is 0.636 bits per heavy atom. The van der Waals surface area contributed by atoms with Crippen LogP contribution in [0.5, 0.6) is 0 Å². The molecule has 0 aliphatic heterocycles. The summed E-state index contributed by atoms with van der Waals surface area (Å²) in [5.41, 5.74) is 2.20. The van der Waals surface area contributed by atoms with Gasteiger partial charge in [0.15, 0.2) is 0 Å². The van der Waals surface area contributed by atoms with Gasteiger partial charge in [0.2, 0.25) is 0 Å². The van der Waals surface area contributed by atoms with Crippen molar-refractivity contribution < 1.29 is 13.2 Å². The molecule has 33 heavy (non-hydrogen) atoms. The number of rotatable bonds is 6. The van der Waals surface area contributed by atoms with Crippen LogP contribution in [0.15, 0.2) is 120 Å². The van der Waals surface area contributed by atoms with Crippen LogP contribution in [0.25, 0.3) is 0 Å². The number of amides is 2. The van der Waals surface area contributed by atoms with E-state index < -0.39 is 21.6 Å². The summed E-state index contributed by atoms with van der Waals surface area (Å²) in [7, 11) is -4.06. The molecule has 2 amide bonds. The number of benzene rings is 4. The molecular formula is C27H24N2O3S. The summed E-state index contributed by atoms with van der Waals surface area (Å²) in [5, 5.41) is 2.99. The van der Waals surface area contributed by atoms with Gasteiger partial charge in [-0.15, -0.1) is 0 Å². The Labute approximate surface area is 194 Å². The van der Waals surface area contributed by atoms with E-state index >= 15 is 0 Å². The van der Waals surface area contributed by atoms with E-state index in [1.54, 1.807) is 12.1 Å². The predicted molar refractivity (Wildman–Crippen MR) is 129 cm³/mol. The highest BCUT2D eigenvalue weighted by Gasteiger charge is 2.38. The van der Waals surface area contributed by atoms with Gasteiger partial charge in [-0.25, -0.2) is 17.9 Å². The first-order chi connectivity index (χ1) is 15.9. The average Bonchev–Trinajstić information content (AvgIpc) is 2.84. The van der Waals surface area contributed by atoms with Crippen LogP contribution in [-0.4, -0.2) is 14.4 Å². The van der Waals surface area contributed by atoms with Crippen molar-refractivity contribution in [3.05, 3.63) is 138 Å². The summed E-state index contributed by atoms with van der Waals surface area (Å²) in [5.74, 6) is 0. The zero-order chi connectivity index (χ0) is 23.3. The van der Waals surface area contributed by atoms with Crippen molar-refractivity contribution in [2.24, 2.45) is 0 Å². The molecule has 0 radical (unpaired) electrons. The Balaban J connectivity index is 1.80. The molecule has 0 spiro atoms. The maximum atomic E-state index is 13.2. The van der Waals surface area contributed by atoms with Crippen LogP contribution in [0.1, 0.15) is 22.3 Å². The summed E-state index contributed by atoms with van der Waals surface area (Å²) < 4.78 is 27.9. The third-order valence-corrected chi connectivity index (χ3v) is 6.83. The van der Waals surface area contributed by atoms with E-state index in [1.165, 1.54) is 12.1 Å². The molecule has 4 aromatic carbocycles. The zero-order valence-corrected chi connectivity index (χ0v) is 18.9. The van der Waals surface area contributed by atoms with Gasteiger partial charge in [0, 0.05) is 0 Å². The number of urea groups is 1. The second kappa shape index (κ2) is 9.30. The normalized spacial score (nSPS) is 11.5. The summed E-state index contributed by atoms with van der Waals surface area (Å²) in [6.07, 6.45) is 0. The SMILES string of the molecule is Cc1ccc(S(=O)(=O)NC(=O)NC(c2ccccc2)(c2ccccc2)c2ccccc2)cc1. The van der Waals surface area contributed by atoms with Gasteiger partial charge in [-0.2, -0.15) is 0 Å². The molecule has 0 atom stereocenters. The highest BCUT2D eigenvalue weighted by Crippen LogP contribution is 2.36. The maximum Gasteiger partial charge on any atom is 0.329 e. The Kier molecular flexibility index (Phi) is 6.29. The molecular weight excluding hydrogens is 432 g/mol. The summed E-state index contributed by atoms with van der Waals surface area (Å²) in [6, 6.07) is 34.0. The second-order valence-electron chi connectivity index (χ2n) is 7.72. The van der Waals surface area contributed by atoms with Crippen LogP contribution in [-0.2, 0) is 15.6 Å². The lowest BCUT2D eigenvalue weighted by molar-refractivity contribution is 0.239. The topological polar surface area (TPSA) is 75.3 Å². The Bertz CT molecular complexity index is 1230. The van der Waals surface area contributed by atoms with Crippen LogP contribution in [0, 0.1) is 6.92 Å². The first kappa shape index (κ1) is 22.3. The fourth-order valence-corrected chi connectivity index (χ4v) is 4.78. The van der Waals surface area contributed by atoms with Crippen molar-refractivity contribution >= 4 is 16.1 Å². The lowest BCUT2D eigenvalue weighted by Gasteiger charge is -2.36. The molecule has 4 rings (SSSR count). The van der Waals surface area contributed by atoms with Crippen LogP contribution in [0.4, 0.5) is 4.79 Å². The van der Waals surface area contributed by atoms with E-state index in [2.05, 4.69) is 10.0 Å². The summed E-state index contributed by atoms with van der Waals surface area (Å²) in [6.45, 7) is 1.87. The molecule has 2 N–H and O–H groups in total. The molecule has 6 heteroatoms. The van der Waals surface area contributed by atoms with Crippen LogP contribution < -0.4 is 10.0 Å². The first-order valence-corrected chi connectivity index (χ1v) is 12.0. The number of hydrogen-bond acceptors (Lipinski definition) is 3. The minimum atomic E-state index is -4.06. The van der Waals surface area contributed by atoms with Crippen molar-refractivity contribution in [2.75, 3.05) is 0 Å². The molecule has 166 valence electrons. The second-order valence-corrected chi connectivity index (χ2v) is 9.40. The van der Waals surface area contributed by atoms with Crippen molar-refractivity contribution in [1.82, 2.24) is 10.0 Å². The Morgan fingerprint density at radius 3 is 1.42 bits per heavy atom. The molecule has 0 aromatic heterocycles. The highest BCUT2D eigenvalue weighted by atomic mass is 32.2. The largest absolute Gasteiger partial charge is 0.329 e. The number of hydrogen-bond donors (Lipinski definition) is 2. The zero-order valence-electron chi connectivity index (χ0n) is 18.1. The van der Waals surface area contributed by atoms with Crippen LogP contribution in [0.2, 0.25) is 0 Å². The fourth-order valence-electron chi connectivity index (χ4n) is 3.88. The molecule has 0 bridgehead atoms. The number of carbonyl (C=O) groups excluding carboxylic acids is 1. The van der Waals surface area contributed by atoms with E-state index in [0.717, 1.165) is 22.3 Å². The van der Waals surface area contributed by atoms with Crippen molar-refractivity contribution in [1.29, 1.82) is 0 Å². The van der Waals surface area contributed by atoms with Crippen molar-refractivity contribution in [3.63, 3.8) is 0 Å². The van der Waals surface area contributed by atoms with E-state index in [9.17, 15) is 13.2 Å². The summed E-state index contributed by atoms with van der Waals surface area (Å²) in [4.78, 5) is 13.3. The van der Waals surface area contributed by atoms with E-state index in [-0.39, 0.29) is 4.90 Å². The lowest BCUT2D eigenvalue weighted by atomic mass is 9.77. The lowest BCUT2D eigenvalue weighted by Crippen LogP contribution is -2.52. The maximum absolute atomic E-state index is 13.2. The van der Waals surface area contributed by atoms with E-state index in [0.29, 0.717) is 0 Å². The van der Waals surface area contributed by atoms with Gasteiger partial charge in [0.1, 0.15) is 5.54 Å². The minimum Gasteiger partial charge on any atom is -0.320 e. The molecule has 0 heterocycles. The Hall–Kier alpha value is -3.90. The third-order valence-electron chi connectivity index (χ3n) is 5.48. The van der Waals surface area contributed by atoms with Crippen molar-refractivity contribution in [2.45, 2.75) is 17.4 Å². The smallest absolute Gasteiger partial charge is 0.320 e. The molecule has 0 unspecified atom stereocenters. The quantitative estimate of drug-likeness (QED) is 0.402. The van der Waals surface area contributed by atoms with Gasteiger partial charge in [-0.1, -0.05) is 109 Å².